The van der Waals surface area contributed by atoms with Gasteiger partial charge in [-0.1, -0.05) is 12.1 Å². The highest BCUT2D eigenvalue weighted by atomic mass is 16.5. The van der Waals surface area contributed by atoms with Gasteiger partial charge in [0.25, 0.3) is 0 Å². The van der Waals surface area contributed by atoms with Gasteiger partial charge in [-0.2, -0.15) is 0 Å². The Bertz CT molecular complexity index is 703. The summed E-state index contributed by atoms with van der Waals surface area (Å²) in [5.74, 6) is 3.12. The molecular formula is C19H28N4O2. The normalized spacial score (nSPS) is 11.5. The van der Waals surface area contributed by atoms with Gasteiger partial charge in [-0.15, -0.1) is 0 Å². The van der Waals surface area contributed by atoms with Crippen LogP contribution in [0.1, 0.15) is 42.3 Å². The Kier molecular flexibility index (Phi) is 6.86. The maximum Gasteiger partial charge on any atom is 0.214 e. The summed E-state index contributed by atoms with van der Waals surface area (Å²) < 4.78 is 11.3. The van der Waals surface area contributed by atoms with Crippen molar-refractivity contribution in [3.05, 3.63) is 46.7 Å². The summed E-state index contributed by atoms with van der Waals surface area (Å²) in [7, 11) is 0. The number of hydrogen-bond acceptors (Lipinski definition) is 4. The molecule has 0 fully saturated rings. The lowest BCUT2D eigenvalue weighted by molar-refractivity contribution is 0.336. The maximum absolute atomic E-state index is 5.72. The fourth-order valence-electron chi connectivity index (χ4n) is 2.36. The number of aryl methyl sites for hydroxylation is 3. The van der Waals surface area contributed by atoms with Crippen LogP contribution in [0.2, 0.25) is 0 Å². The molecule has 2 rings (SSSR count). The number of rotatable bonds is 7. The summed E-state index contributed by atoms with van der Waals surface area (Å²) in [5, 5.41) is 6.49. The van der Waals surface area contributed by atoms with E-state index < -0.39 is 0 Å². The molecule has 25 heavy (non-hydrogen) atoms. The molecule has 0 bridgehead atoms. The number of nitrogens with one attached hydrogen (secondary N) is 2. The van der Waals surface area contributed by atoms with Gasteiger partial charge in [0.05, 0.1) is 25.4 Å². The minimum absolute atomic E-state index is 0.493. The molecule has 0 aliphatic heterocycles. The van der Waals surface area contributed by atoms with Crippen LogP contribution in [-0.4, -0.2) is 24.1 Å². The lowest BCUT2D eigenvalue weighted by Gasteiger charge is -2.12. The Hall–Kier alpha value is -2.50. The molecule has 0 radical (unpaired) electrons. The van der Waals surface area contributed by atoms with Gasteiger partial charge in [0.2, 0.25) is 5.89 Å². The van der Waals surface area contributed by atoms with Crippen molar-refractivity contribution < 1.29 is 9.15 Å². The summed E-state index contributed by atoms with van der Waals surface area (Å²) in [6.07, 6.45) is 0. The predicted octanol–water partition coefficient (Wildman–Crippen LogP) is 3.25. The molecule has 0 saturated heterocycles. The van der Waals surface area contributed by atoms with Crippen LogP contribution in [-0.2, 0) is 13.1 Å². The van der Waals surface area contributed by atoms with E-state index in [0.717, 1.165) is 35.3 Å². The van der Waals surface area contributed by atoms with Crippen molar-refractivity contribution in [3.8, 4) is 5.75 Å². The Morgan fingerprint density at radius 1 is 1.20 bits per heavy atom. The summed E-state index contributed by atoms with van der Waals surface area (Å²) in [5.41, 5.74) is 3.16. The smallest absolute Gasteiger partial charge is 0.214 e. The van der Waals surface area contributed by atoms with E-state index in [-0.39, 0.29) is 0 Å². The first-order valence-corrected chi connectivity index (χ1v) is 8.70. The van der Waals surface area contributed by atoms with Crippen LogP contribution in [0.4, 0.5) is 0 Å². The van der Waals surface area contributed by atoms with E-state index in [1.54, 1.807) is 0 Å². The first-order chi connectivity index (χ1) is 12.0. The topological polar surface area (TPSA) is 71.7 Å². The average molecular weight is 344 g/mol. The van der Waals surface area contributed by atoms with Crippen LogP contribution in [0.3, 0.4) is 0 Å². The van der Waals surface area contributed by atoms with Gasteiger partial charge in [-0.3, -0.25) is 0 Å². The molecule has 1 aromatic carbocycles. The molecule has 0 atom stereocenters. The van der Waals surface area contributed by atoms with E-state index in [1.165, 1.54) is 5.56 Å². The van der Waals surface area contributed by atoms with Crippen LogP contribution in [0, 0.1) is 20.8 Å². The zero-order chi connectivity index (χ0) is 18.2. The molecule has 0 aliphatic rings. The van der Waals surface area contributed by atoms with Crippen LogP contribution in [0.15, 0.2) is 27.6 Å². The zero-order valence-corrected chi connectivity index (χ0v) is 15.8. The number of nitrogens with zero attached hydrogens (tertiary/aromatic N) is 2. The minimum Gasteiger partial charge on any atom is -0.494 e. The van der Waals surface area contributed by atoms with Crippen molar-refractivity contribution in [2.45, 2.75) is 47.7 Å². The summed E-state index contributed by atoms with van der Waals surface area (Å²) in [4.78, 5) is 9.02. The van der Waals surface area contributed by atoms with Crippen LogP contribution in [0.5, 0.6) is 5.75 Å². The van der Waals surface area contributed by atoms with Crippen molar-refractivity contribution in [2.24, 2.45) is 4.99 Å². The number of aliphatic imine (C=N–C) groups is 1. The molecule has 6 nitrogen and oxygen atoms in total. The molecular weight excluding hydrogens is 316 g/mol. The van der Waals surface area contributed by atoms with Crippen molar-refractivity contribution >= 4 is 5.96 Å². The summed E-state index contributed by atoms with van der Waals surface area (Å²) in [6.45, 7) is 12.4. The van der Waals surface area contributed by atoms with Gasteiger partial charge < -0.3 is 19.8 Å². The Morgan fingerprint density at radius 3 is 2.64 bits per heavy atom. The molecule has 0 spiro atoms. The Labute approximate surface area is 149 Å². The maximum atomic E-state index is 5.72. The fourth-order valence-corrected chi connectivity index (χ4v) is 2.36. The van der Waals surface area contributed by atoms with Gasteiger partial charge in [0.15, 0.2) is 5.96 Å². The second-order valence-corrected chi connectivity index (χ2v) is 5.84. The largest absolute Gasteiger partial charge is 0.494 e. The zero-order valence-electron chi connectivity index (χ0n) is 15.8. The molecule has 1 aromatic heterocycles. The SMILES string of the molecule is CCNC(=NCc1ccc(C)cc1OCC)NCc1nc(C)c(C)o1. The van der Waals surface area contributed by atoms with E-state index in [4.69, 9.17) is 9.15 Å². The minimum atomic E-state index is 0.493. The Morgan fingerprint density at radius 2 is 2.00 bits per heavy atom. The molecule has 6 heteroatoms. The van der Waals surface area contributed by atoms with Gasteiger partial charge in [-0.25, -0.2) is 9.98 Å². The van der Waals surface area contributed by atoms with Gasteiger partial charge in [-0.05, 0) is 46.2 Å². The van der Waals surface area contributed by atoms with Crippen LogP contribution in [0.25, 0.3) is 0 Å². The molecule has 0 aliphatic carbocycles. The lowest BCUT2D eigenvalue weighted by atomic mass is 10.1. The van der Waals surface area contributed by atoms with Crippen LogP contribution >= 0.6 is 0 Å². The first kappa shape index (κ1) is 18.8. The third-order valence-corrected chi connectivity index (χ3v) is 3.75. The molecule has 2 N–H and O–H groups in total. The summed E-state index contributed by atoms with van der Waals surface area (Å²) in [6, 6.07) is 6.19. The van der Waals surface area contributed by atoms with E-state index in [9.17, 15) is 0 Å². The predicted molar refractivity (Wildman–Crippen MR) is 100.0 cm³/mol. The van der Waals surface area contributed by atoms with Crippen LogP contribution < -0.4 is 15.4 Å². The van der Waals surface area contributed by atoms with Crippen molar-refractivity contribution in [3.63, 3.8) is 0 Å². The number of guanidine groups is 1. The fraction of sp³-hybridized carbons (Fsp3) is 0.474. The molecule has 0 amide bonds. The second kappa shape index (κ2) is 9.11. The van der Waals surface area contributed by atoms with E-state index in [0.29, 0.717) is 25.6 Å². The third-order valence-electron chi connectivity index (χ3n) is 3.75. The van der Waals surface area contributed by atoms with E-state index in [2.05, 4.69) is 39.7 Å². The van der Waals surface area contributed by atoms with E-state index in [1.807, 2.05) is 33.8 Å². The van der Waals surface area contributed by atoms with Crippen molar-refractivity contribution in [1.82, 2.24) is 15.6 Å². The average Bonchev–Trinajstić information content (AvgIpc) is 2.90. The van der Waals surface area contributed by atoms with Crippen molar-refractivity contribution in [1.29, 1.82) is 0 Å². The van der Waals surface area contributed by atoms with Gasteiger partial charge >= 0.3 is 0 Å². The molecule has 0 unspecified atom stereocenters. The molecule has 0 saturated carbocycles. The highest BCUT2D eigenvalue weighted by Gasteiger charge is 2.07. The number of benzene rings is 1. The van der Waals surface area contributed by atoms with Gasteiger partial charge in [0.1, 0.15) is 11.5 Å². The molecule has 136 valence electrons. The second-order valence-electron chi connectivity index (χ2n) is 5.84. The standard InChI is InChI=1S/C19H28N4O2/c1-6-20-19(22-12-18-23-14(4)15(5)25-18)21-11-16-9-8-13(3)10-17(16)24-7-2/h8-10H,6-7,11-12H2,1-5H3,(H2,20,21,22). The molecule has 2 aromatic rings. The number of hydrogen-bond donors (Lipinski definition) is 2. The van der Waals surface area contributed by atoms with E-state index >= 15 is 0 Å². The molecule has 1 heterocycles. The first-order valence-electron chi connectivity index (χ1n) is 8.70. The highest BCUT2D eigenvalue weighted by Crippen LogP contribution is 2.21. The van der Waals surface area contributed by atoms with Gasteiger partial charge in [0, 0.05) is 12.1 Å². The Balaban J connectivity index is 2.06. The lowest BCUT2D eigenvalue weighted by Crippen LogP contribution is -2.36. The number of aromatic nitrogens is 1. The highest BCUT2D eigenvalue weighted by molar-refractivity contribution is 5.79. The summed E-state index contributed by atoms with van der Waals surface area (Å²) >= 11 is 0. The van der Waals surface area contributed by atoms with Crippen molar-refractivity contribution in [2.75, 3.05) is 13.2 Å². The third kappa shape index (κ3) is 5.52. The quantitative estimate of drug-likeness (QED) is 0.596. The monoisotopic (exact) mass is 344 g/mol. The number of ether oxygens (including phenoxy) is 1. The number of oxazole rings is 1.